The number of nitrogens with one attached hydrogen (secondary N) is 1. The molecule has 3 heterocycles. The summed E-state index contributed by atoms with van der Waals surface area (Å²) in [5.74, 6) is -4.70. The fourth-order valence-corrected chi connectivity index (χ4v) is 4.64. The number of anilines is 1. The summed E-state index contributed by atoms with van der Waals surface area (Å²) in [7, 11) is 1.56. The smallest absolute Gasteiger partial charge is 0.321 e. The van der Waals surface area contributed by atoms with Gasteiger partial charge in [-0.05, 0) is 29.3 Å². The van der Waals surface area contributed by atoms with E-state index in [1.54, 1.807) is 36.5 Å². The van der Waals surface area contributed by atoms with Crippen LogP contribution in [0.25, 0.3) is 10.9 Å². The number of fused-ring (bicyclic) bond motifs is 1. The average Bonchev–Trinajstić information content (AvgIpc) is 3.44. The highest BCUT2D eigenvalue weighted by atomic mass is 19.3. The number of pyridine rings is 1. The Morgan fingerprint density at radius 2 is 1.92 bits per heavy atom. The van der Waals surface area contributed by atoms with E-state index < -0.39 is 23.9 Å². The first-order chi connectivity index (χ1) is 17.7. The van der Waals surface area contributed by atoms with Gasteiger partial charge in [0.15, 0.2) is 0 Å². The van der Waals surface area contributed by atoms with Gasteiger partial charge in [0.2, 0.25) is 11.8 Å². The molecule has 10 heteroatoms. The molecule has 1 saturated heterocycles. The normalized spacial score (nSPS) is 17.8. The van der Waals surface area contributed by atoms with E-state index in [4.69, 9.17) is 4.74 Å². The molecule has 0 aliphatic carbocycles. The first-order valence-corrected chi connectivity index (χ1v) is 11.7. The second kappa shape index (κ2) is 9.61. The topological polar surface area (TPSA) is 89.4 Å². The van der Waals surface area contributed by atoms with Crippen molar-refractivity contribution in [3.8, 4) is 5.88 Å². The van der Waals surface area contributed by atoms with Crippen molar-refractivity contribution in [2.45, 2.75) is 37.9 Å². The van der Waals surface area contributed by atoms with Gasteiger partial charge >= 0.3 is 5.92 Å². The van der Waals surface area contributed by atoms with Crippen molar-refractivity contribution in [2.24, 2.45) is 0 Å². The highest BCUT2D eigenvalue weighted by Gasteiger charge is 2.45. The van der Waals surface area contributed by atoms with Gasteiger partial charge in [-0.1, -0.05) is 36.4 Å². The van der Waals surface area contributed by atoms with E-state index in [1.807, 2.05) is 53.2 Å². The van der Waals surface area contributed by atoms with Crippen molar-refractivity contribution in [3.63, 3.8) is 0 Å². The first-order valence-electron chi connectivity index (χ1n) is 11.7. The van der Waals surface area contributed by atoms with Crippen molar-refractivity contribution in [2.75, 3.05) is 12.0 Å². The van der Waals surface area contributed by atoms with Crippen LogP contribution in [0.1, 0.15) is 30.5 Å². The lowest BCUT2D eigenvalue weighted by Gasteiger charge is -2.29. The van der Waals surface area contributed by atoms with Crippen LogP contribution < -0.4 is 15.0 Å². The van der Waals surface area contributed by atoms with Crippen LogP contribution in [-0.4, -0.2) is 45.7 Å². The van der Waals surface area contributed by atoms with Gasteiger partial charge in [-0.25, -0.2) is 4.98 Å². The van der Waals surface area contributed by atoms with Crippen molar-refractivity contribution < 1.29 is 23.1 Å². The minimum absolute atomic E-state index is 0.0941. The highest BCUT2D eigenvalue weighted by Crippen LogP contribution is 2.38. The molecule has 0 spiro atoms. The van der Waals surface area contributed by atoms with Gasteiger partial charge in [0, 0.05) is 36.7 Å². The Morgan fingerprint density at radius 3 is 2.59 bits per heavy atom. The molecule has 0 radical (unpaired) electrons. The summed E-state index contributed by atoms with van der Waals surface area (Å²) in [5, 5.41) is 7.70. The summed E-state index contributed by atoms with van der Waals surface area (Å²) in [6.07, 6.45) is 3.34. The molecule has 2 aromatic heterocycles. The standard InChI is InChI=1S/C27H25F2N5O3/c1-27(28,29)26(36)32-21-13-24(35)34(25(21)18-6-4-3-5-7-18)20-9-10-22-19(12-20)15-31-33(22)16-17-8-11-23(37-2)30-14-17/h3-12,14-15,21,25H,13,16H2,1-2H3,(H,32,36). The zero-order valence-electron chi connectivity index (χ0n) is 20.3. The first kappa shape index (κ1) is 24.4. The molecule has 0 bridgehead atoms. The quantitative estimate of drug-likeness (QED) is 0.409. The highest BCUT2D eigenvalue weighted by molar-refractivity contribution is 6.00. The SMILES string of the molecule is COc1ccc(Cn2ncc3cc(N4C(=O)CC(NC(=O)C(C)(F)F)C4c4ccccc4)ccc32)cn1. The summed E-state index contributed by atoms with van der Waals surface area (Å²) in [6.45, 7) is 1.04. The number of carbonyl (C=O) groups excluding carboxylic acids is 2. The summed E-state index contributed by atoms with van der Waals surface area (Å²) in [4.78, 5) is 31.1. The summed E-state index contributed by atoms with van der Waals surface area (Å²) in [5.41, 5.74) is 3.14. The zero-order chi connectivity index (χ0) is 26.2. The summed E-state index contributed by atoms with van der Waals surface area (Å²) in [6, 6.07) is 16.9. The fourth-order valence-electron chi connectivity index (χ4n) is 4.64. The number of nitrogens with zero attached hydrogens (tertiary/aromatic N) is 4. The van der Waals surface area contributed by atoms with Gasteiger partial charge in [0.05, 0.1) is 37.5 Å². The second-order valence-electron chi connectivity index (χ2n) is 9.05. The molecule has 1 fully saturated rings. The third-order valence-corrected chi connectivity index (χ3v) is 6.42. The number of rotatable bonds is 7. The molecule has 2 unspecified atom stereocenters. The largest absolute Gasteiger partial charge is 0.481 e. The van der Waals surface area contributed by atoms with E-state index in [2.05, 4.69) is 15.4 Å². The molecule has 190 valence electrons. The Bertz CT molecular complexity index is 1430. The molecule has 1 N–H and O–H groups in total. The zero-order valence-corrected chi connectivity index (χ0v) is 20.3. The van der Waals surface area contributed by atoms with Crippen molar-refractivity contribution in [1.29, 1.82) is 0 Å². The van der Waals surface area contributed by atoms with Crippen molar-refractivity contribution in [1.82, 2.24) is 20.1 Å². The van der Waals surface area contributed by atoms with Crippen LogP contribution in [0, 0.1) is 0 Å². The molecule has 8 nitrogen and oxygen atoms in total. The van der Waals surface area contributed by atoms with Gasteiger partial charge in [-0.2, -0.15) is 13.9 Å². The molecule has 1 aliphatic heterocycles. The van der Waals surface area contributed by atoms with Crippen LogP contribution in [0.3, 0.4) is 0 Å². The number of hydrogen-bond acceptors (Lipinski definition) is 5. The number of aromatic nitrogens is 3. The molecular weight excluding hydrogens is 480 g/mol. The van der Waals surface area contributed by atoms with Crippen molar-refractivity contribution in [3.05, 3.63) is 84.2 Å². The number of halogens is 2. The third kappa shape index (κ3) is 4.87. The second-order valence-corrected chi connectivity index (χ2v) is 9.05. The molecule has 4 aromatic rings. The van der Waals surface area contributed by atoms with Crippen LogP contribution >= 0.6 is 0 Å². The number of hydrogen-bond donors (Lipinski definition) is 1. The lowest BCUT2D eigenvalue weighted by Crippen LogP contribution is -2.46. The maximum absolute atomic E-state index is 13.7. The maximum Gasteiger partial charge on any atom is 0.321 e. The average molecular weight is 506 g/mol. The molecule has 37 heavy (non-hydrogen) atoms. The molecule has 5 rings (SSSR count). The van der Waals surface area contributed by atoms with E-state index in [9.17, 15) is 18.4 Å². The summed E-state index contributed by atoms with van der Waals surface area (Å²) < 4.78 is 34.2. The molecular formula is C27H25F2N5O3. The Balaban J connectivity index is 1.46. The number of alkyl halides is 2. The minimum Gasteiger partial charge on any atom is -0.481 e. The Morgan fingerprint density at radius 1 is 1.14 bits per heavy atom. The van der Waals surface area contributed by atoms with Gasteiger partial charge in [-0.15, -0.1) is 0 Å². The Kier molecular flexibility index (Phi) is 6.32. The Labute approximate surface area is 211 Å². The lowest BCUT2D eigenvalue weighted by molar-refractivity contribution is -0.143. The number of amides is 2. The number of benzene rings is 2. The maximum atomic E-state index is 13.7. The van der Waals surface area contributed by atoms with Gasteiger partial charge < -0.3 is 15.0 Å². The minimum atomic E-state index is -3.55. The van der Waals surface area contributed by atoms with Crippen LogP contribution in [0.15, 0.2) is 73.1 Å². The van der Waals surface area contributed by atoms with Crippen LogP contribution in [0.2, 0.25) is 0 Å². The predicted molar refractivity (Wildman–Crippen MR) is 133 cm³/mol. The molecule has 0 saturated carbocycles. The molecule has 2 amide bonds. The van der Waals surface area contributed by atoms with Gasteiger partial charge in [0.25, 0.3) is 5.91 Å². The predicted octanol–water partition coefficient (Wildman–Crippen LogP) is 4.11. The van der Waals surface area contributed by atoms with Crippen LogP contribution in [0.5, 0.6) is 5.88 Å². The van der Waals surface area contributed by atoms with Crippen LogP contribution in [0.4, 0.5) is 14.5 Å². The molecule has 2 atom stereocenters. The monoisotopic (exact) mass is 505 g/mol. The summed E-state index contributed by atoms with van der Waals surface area (Å²) >= 11 is 0. The molecule has 2 aromatic carbocycles. The van der Waals surface area contributed by atoms with E-state index in [0.717, 1.165) is 22.0 Å². The number of ether oxygens (including phenoxy) is 1. The van der Waals surface area contributed by atoms with Gasteiger partial charge in [0.1, 0.15) is 0 Å². The number of carbonyl (C=O) groups is 2. The number of methoxy groups -OCH3 is 1. The van der Waals surface area contributed by atoms with E-state index >= 15 is 0 Å². The fraction of sp³-hybridized carbons (Fsp3) is 0.259. The van der Waals surface area contributed by atoms with E-state index in [0.29, 0.717) is 25.0 Å². The lowest BCUT2D eigenvalue weighted by atomic mass is 9.99. The van der Waals surface area contributed by atoms with E-state index in [1.165, 1.54) is 0 Å². The Hall–Kier alpha value is -4.34. The third-order valence-electron chi connectivity index (χ3n) is 6.42. The van der Waals surface area contributed by atoms with Gasteiger partial charge in [-0.3, -0.25) is 14.3 Å². The van der Waals surface area contributed by atoms with E-state index in [-0.39, 0.29) is 12.3 Å². The van der Waals surface area contributed by atoms with Crippen molar-refractivity contribution >= 4 is 28.4 Å². The van der Waals surface area contributed by atoms with Crippen LogP contribution in [-0.2, 0) is 16.1 Å². The molecule has 1 aliphatic rings.